The zero-order valence-corrected chi connectivity index (χ0v) is 33.0. The van der Waals surface area contributed by atoms with Crippen LogP contribution in [0.2, 0.25) is 0 Å². The second-order valence-electron chi connectivity index (χ2n) is 13.7. The third-order valence-corrected chi connectivity index (χ3v) is 9.37. The lowest BCUT2D eigenvalue weighted by Crippen LogP contribution is -2.29. The van der Waals surface area contributed by atoms with E-state index in [-0.39, 0.29) is 31.0 Å². The van der Waals surface area contributed by atoms with Gasteiger partial charge in [0.25, 0.3) is 0 Å². The number of ether oxygens (including phenoxy) is 2. The molecule has 1 saturated carbocycles. The number of rotatable bonds is 31. The molecule has 53 heavy (non-hydrogen) atoms. The quantitative estimate of drug-likeness (QED) is 0.0231. The second-order valence-corrected chi connectivity index (χ2v) is 14.9. The normalized spacial score (nSPS) is 19.4. The first-order valence-electron chi connectivity index (χ1n) is 19.7. The van der Waals surface area contributed by atoms with Crippen molar-refractivity contribution in [3.8, 4) is 0 Å². The number of carbonyl (C=O) groups excluding carboxylic acids is 3. The minimum Gasteiger partial charge on any atom is -0.462 e. The number of aliphatic hydroxyl groups excluding tert-OH is 2. The monoisotopic (exact) mass is 766 g/mol. The SMILES string of the molecule is CCCCC/C=C\C/C=C\C/C=C\CCCCC(=O)OC[C@H](COP(=O)(O)O)OC(=O)CCC/C=C\C[C@H]1[C@@H](O)CC(=O)[C@@H]1/C=C/[C@@H](O)CCCCC. The number of hydrogen-bond acceptors (Lipinski definition) is 9. The molecule has 0 unspecified atom stereocenters. The average Bonchev–Trinajstić information content (AvgIpc) is 3.38. The minimum atomic E-state index is -4.84. The van der Waals surface area contributed by atoms with Crippen molar-refractivity contribution >= 4 is 25.5 Å². The molecule has 4 N–H and O–H groups in total. The van der Waals surface area contributed by atoms with E-state index in [1.807, 2.05) is 12.2 Å². The number of Topliss-reactive ketones (excluding diaryl/α,β-unsaturated/α-hetero) is 1. The summed E-state index contributed by atoms with van der Waals surface area (Å²) >= 11 is 0. The van der Waals surface area contributed by atoms with Gasteiger partial charge in [-0.05, 0) is 70.6 Å². The fourth-order valence-electron chi connectivity index (χ4n) is 5.83. The van der Waals surface area contributed by atoms with Gasteiger partial charge in [-0.25, -0.2) is 4.57 Å². The molecule has 1 aliphatic carbocycles. The third-order valence-electron chi connectivity index (χ3n) is 8.89. The molecule has 0 spiro atoms. The number of phosphoric acid groups is 1. The number of hydrogen-bond donors (Lipinski definition) is 4. The summed E-state index contributed by atoms with van der Waals surface area (Å²) in [4.78, 5) is 55.4. The molecule has 0 heterocycles. The molecule has 11 nitrogen and oxygen atoms in total. The lowest BCUT2D eigenvalue weighted by atomic mass is 9.90. The van der Waals surface area contributed by atoms with Gasteiger partial charge in [-0.15, -0.1) is 0 Å². The standard InChI is InChI=1S/C41H67O11P/c1-3-5-7-8-9-10-11-12-13-14-15-16-17-18-23-27-40(45)50-32-35(33-51-53(47,48)49)52-41(46)28-24-20-19-22-26-36-37(39(44)31-38(36)43)30-29-34(42)25-21-6-4-2/h9-10,12-13,15-16,19,22,29-30,34-38,42-43H,3-8,11,14,17-18,20-21,23-28,31-33H2,1-2H3,(H2,47,48,49)/b10-9-,13-12-,16-15-,22-19-,30-29+/t34-,35+,36+,37+,38-/m0/s1. The topological polar surface area (TPSA) is 177 Å². The highest BCUT2D eigenvalue weighted by molar-refractivity contribution is 7.46. The third kappa shape index (κ3) is 26.7. The highest BCUT2D eigenvalue weighted by Crippen LogP contribution is 2.36. The molecule has 12 heteroatoms. The van der Waals surface area contributed by atoms with Crippen molar-refractivity contribution in [2.45, 2.75) is 154 Å². The summed E-state index contributed by atoms with van der Waals surface area (Å²) in [6.07, 6.45) is 31.7. The molecule has 0 aromatic heterocycles. The predicted octanol–water partition coefficient (Wildman–Crippen LogP) is 8.32. The number of phosphoric ester groups is 1. The van der Waals surface area contributed by atoms with E-state index in [2.05, 4.69) is 54.8 Å². The van der Waals surface area contributed by atoms with Crippen LogP contribution < -0.4 is 0 Å². The first kappa shape index (κ1) is 48.4. The molecule has 1 rings (SSSR count). The van der Waals surface area contributed by atoms with Crippen molar-refractivity contribution in [1.29, 1.82) is 0 Å². The summed E-state index contributed by atoms with van der Waals surface area (Å²) in [7, 11) is -4.84. The summed E-state index contributed by atoms with van der Waals surface area (Å²) in [6, 6.07) is 0. The van der Waals surface area contributed by atoms with Crippen LogP contribution in [0.3, 0.4) is 0 Å². The molecule has 0 saturated heterocycles. The van der Waals surface area contributed by atoms with Gasteiger partial charge in [0.05, 0.1) is 18.8 Å². The van der Waals surface area contributed by atoms with Gasteiger partial charge in [-0.2, -0.15) is 0 Å². The van der Waals surface area contributed by atoms with Crippen molar-refractivity contribution < 1.29 is 52.9 Å². The maximum atomic E-state index is 12.5. The first-order valence-corrected chi connectivity index (χ1v) is 21.2. The molecule has 5 atom stereocenters. The van der Waals surface area contributed by atoms with Gasteiger partial charge in [-0.3, -0.25) is 18.9 Å². The highest BCUT2D eigenvalue weighted by atomic mass is 31.2. The zero-order chi connectivity index (χ0) is 39.2. The minimum absolute atomic E-state index is 0.00992. The Kier molecular flexibility index (Phi) is 28.0. The highest BCUT2D eigenvalue weighted by Gasteiger charge is 2.39. The Bertz CT molecular complexity index is 1200. The van der Waals surface area contributed by atoms with Crippen LogP contribution in [-0.2, 0) is 32.9 Å². The van der Waals surface area contributed by atoms with Gasteiger partial charge in [0.15, 0.2) is 6.10 Å². The molecule has 0 bridgehead atoms. The summed E-state index contributed by atoms with van der Waals surface area (Å²) < 4.78 is 26.3. The van der Waals surface area contributed by atoms with Gasteiger partial charge >= 0.3 is 19.8 Å². The molecular formula is C41H67O11P. The maximum absolute atomic E-state index is 12.5. The Hall–Kier alpha value is -2.66. The van der Waals surface area contributed by atoms with Crippen molar-refractivity contribution in [3.63, 3.8) is 0 Å². The fraction of sp³-hybridized carbons (Fsp3) is 0.683. The maximum Gasteiger partial charge on any atom is 0.469 e. The fourth-order valence-corrected chi connectivity index (χ4v) is 6.19. The van der Waals surface area contributed by atoms with Crippen LogP contribution in [0.1, 0.15) is 136 Å². The second kappa shape index (κ2) is 30.6. The molecule has 302 valence electrons. The average molecular weight is 767 g/mol. The number of ketones is 1. The van der Waals surface area contributed by atoms with E-state index in [0.717, 1.165) is 51.4 Å². The summed E-state index contributed by atoms with van der Waals surface area (Å²) in [5, 5.41) is 20.6. The molecular weight excluding hydrogens is 699 g/mol. The van der Waals surface area contributed by atoms with Crippen LogP contribution >= 0.6 is 7.82 Å². The molecule has 0 amide bonds. The molecule has 0 radical (unpaired) electrons. The molecule has 0 aromatic carbocycles. The van der Waals surface area contributed by atoms with Crippen molar-refractivity contribution in [1.82, 2.24) is 0 Å². The largest absolute Gasteiger partial charge is 0.469 e. The van der Waals surface area contributed by atoms with Gasteiger partial charge < -0.3 is 29.5 Å². The van der Waals surface area contributed by atoms with Crippen LogP contribution in [0.25, 0.3) is 0 Å². The Balaban J connectivity index is 2.37. The molecule has 1 aliphatic rings. The van der Waals surface area contributed by atoms with E-state index in [0.29, 0.717) is 32.1 Å². The molecule has 1 fully saturated rings. The summed E-state index contributed by atoms with van der Waals surface area (Å²) in [6.45, 7) is 3.27. The van der Waals surface area contributed by atoms with E-state index in [9.17, 15) is 29.2 Å². The van der Waals surface area contributed by atoms with E-state index in [1.54, 1.807) is 12.2 Å². The first-order chi connectivity index (χ1) is 25.5. The Labute approximate surface area is 317 Å². The summed E-state index contributed by atoms with van der Waals surface area (Å²) in [5.41, 5.74) is 0. The van der Waals surface area contributed by atoms with E-state index in [1.165, 1.54) is 19.3 Å². The summed E-state index contributed by atoms with van der Waals surface area (Å²) in [5.74, 6) is -1.92. The van der Waals surface area contributed by atoms with E-state index >= 15 is 0 Å². The lowest BCUT2D eigenvalue weighted by molar-refractivity contribution is -0.161. The number of aliphatic hydroxyl groups is 2. The van der Waals surface area contributed by atoms with Crippen molar-refractivity contribution in [3.05, 3.63) is 60.8 Å². The van der Waals surface area contributed by atoms with Crippen LogP contribution in [-0.4, -0.2) is 69.2 Å². The number of allylic oxidation sites excluding steroid dienone is 9. The van der Waals surface area contributed by atoms with E-state index < -0.39 is 57.2 Å². The number of carbonyl (C=O) groups is 3. The van der Waals surface area contributed by atoms with Gasteiger partial charge in [-0.1, -0.05) is 107 Å². The lowest BCUT2D eigenvalue weighted by Gasteiger charge is -2.18. The Morgan fingerprint density at radius 2 is 1.38 bits per heavy atom. The zero-order valence-electron chi connectivity index (χ0n) is 32.1. The van der Waals surface area contributed by atoms with Crippen molar-refractivity contribution in [2.24, 2.45) is 11.8 Å². The van der Waals surface area contributed by atoms with E-state index in [4.69, 9.17) is 19.3 Å². The molecule has 0 aliphatic heterocycles. The molecule has 0 aromatic rings. The predicted molar refractivity (Wildman–Crippen MR) is 208 cm³/mol. The van der Waals surface area contributed by atoms with Gasteiger partial charge in [0.2, 0.25) is 0 Å². The van der Waals surface area contributed by atoms with Crippen LogP contribution in [0, 0.1) is 11.8 Å². The van der Waals surface area contributed by atoms with Gasteiger partial charge in [0, 0.05) is 31.1 Å². The van der Waals surface area contributed by atoms with Crippen LogP contribution in [0.5, 0.6) is 0 Å². The van der Waals surface area contributed by atoms with Crippen LogP contribution in [0.15, 0.2) is 60.8 Å². The van der Waals surface area contributed by atoms with Crippen molar-refractivity contribution in [2.75, 3.05) is 13.2 Å². The number of unbranched alkanes of at least 4 members (excludes halogenated alkanes) is 8. The van der Waals surface area contributed by atoms with Crippen LogP contribution in [0.4, 0.5) is 0 Å². The Morgan fingerprint density at radius 1 is 0.792 bits per heavy atom. The van der Waals surface area contributed by atoms with Gasteiger partial charge in [0.1, 0.15) is 12.4 Å². The Morgan fingerprint density at radius 3 is 2.04 bits per heavy atom. The number of esters is 2. The smallest absolute Gasteiger partial charge is 0.462 e.